The zero-order valence-electron chi connectivity index (χ0n) is 28.1. The molecule has 260 valence electrons. The number of benzene rings is 4. The average molecular weight is 696 g/mol. The van der Waals surface area contributed by atoms with Crippen LogP contribution in [-0.2, 0) is 45.6 Å². The fourth-order valence-electron chi connectivity index (χ4n) is 6.76. The van der Waals surface area contributed by atoms with E-state index in [1.807, 2.05) is 60.7 Å². The van der Waals surface area contributed by atoms with Crippen LogP contribution in [0, 0.1) is 0 Å². The Labute approximate surface area is 292 Å². The van der Waals surface area contributed by atoms with Crippen molar-refractivity contribution < 1.29 is 32.5 Å². The van der Waals surface area contributed by atoms with Crippen LogP contribution in [0.5, 0.6) is 11.5 Å². The molecule has 3 atom stereocenters. The standard InChI is InChI=1S/C39H41N3O7S/c1-46-35-19-31-16-18-42(23-32(31)20-36(35)47-2)24-33-21-34(28-12-10-27(25-43)11-13-28)49-39(48-33)30-14-8-26(9-15-30)22-41-50(44,45)37-7-3-5-29-6-4-17-40-38(29)37/h3-15,17,19-20,33-34,39,41,43H,16,18,21-25H2,1-2H3/t33-,34+,39?/m0/s1. The van der Waals surface area contributed by atoms with Crippen molar-refractivity contribution in [3.8, 4) is 11.5 Å². The second kappa shape index (κ2) is 14.9. The first kappa shape index (κ1) is 34.1. The van der Waals surface area contributed by atoms with E-state index in [-0.39, 0.29) is 30.3 Å². The highest BCUT2D eigenvalue weighted by Gasteiger charge is 2.34. The highest BCUT2D eigenvalue weighted by molar-refractivity contribution is 7.89. The van der Waals surface area contributed by atoms with Crippen molar-refractivity contribution in [1.82, 2.24) is 14.6 Å². The molecule has 1 unspecified atom stereocenters. The van der Waals surface area contributed by atoms with Gasteiger partial charge in [-0.15, -0.1) is 0 Å². The van der Waals surface area contributed by atoms with Crippen LogP contribution in [0.25, 0.3) is 10.9 Å². The van der Waals surface area contributed by atoms with Gasteiger partial charge in [0.05, 0.1) is 38.6 Å². The predicted molar refractivity (Wildman–Crippen MR) is 189 cm³/mol. The van der Waals surface area contributed by atoms with E-state index in [2.05, 4.69) is 26.7 Å². The Balaban J connectivity index is 1.07. The smallest absolute Gasteiger partial charge is 0.243 e. The van der Waals surface area contributed by atoms with Crippen LogP contribution in [0.2, 0.25) is 0 Å². The number of aromatic nitrogens is 1. The molecule has 1 aromatic heterocycles. The van der Waals surface area contributed by atoms with E-state index in [0.717, 1.165) is 65.2 Å². The number of para-hydroxylation sites is 1. The highest BCUT2D eigenvalue weighted by Crippen LogP contribution is 2.39. The van der Waals surface area contributed by atoms with Gasteiger partial charge in [0.25, 0.3) is 0 Å². The van der Waals surface area contributed by atoms with Crippen LogP contribution in [0.4, 0.5) is 0 Å². The molecule has 2 aliphatic rings. The summed E-state index contributed by atoms with van der Waals surface area (Å²) in [7, 11) is -0.487. The molecule has 0 amide bonds. The molecule has 3 heterocycles. The molecule has 4 aromatic carbocycles. The van der Waals surface area contributed by atoms with Crippen molar-refractivity contribution in [3.63, 3.8) is 0 Å². The zero-order valence-corrected chi connectivity index (χ0v) is 28.9. The number of methoxy groups -OCH3 is 2. The maximum Gasteiger partial charge on any atom is 0.243 e. The van der Waals surface area contributed by atoms with Crippen molar-refractivity contribution >= 4 is 20.9 Å². The molecule has 50 heavy (non-hydrogen) atoms. The maximum absolute atomic E-state index is 13.3. The normalized spacial score (nSPS) is 19.6. The lowest BCUT2D eigenvalue weighted by atomic mass is 9.97. The fourth-order valence-corrected chi connectivity index (χ4v) is 7.96. The highest BCUT2D eigenvalue weighted by atomic mass is 32.2. The van der Waals surface area contributed by atoms with Gasteiger partial charge in [-0.1, -0.05) is 66.7 Å². The largest absolute Gasteiger partial charge is 0.493 e. The van der Waals surface area contributed by atoms with Crippen LogP contribution < -0.4 is 14.2 Å². The van der Waals surface area contributed by atoms with Gasteiger partial charge in [-0.3, -0.25) is 9.88 Å². The molecule has 7 rings (SSSR count). The SMILES string of the molecule is COc1cc2c(cc1OC)CN(C[C@@H]1C[C@H](c3ccc(CO)cc3)OC(c3ccc(CNS(=O)(=O)c4cccc5cccnc45)cc3)O1)CC2. The first-order chi connectivity index (χ1) is 24.3. The van der Waals surface area contributed by atoms with Crippen LogP contribution in [0.1, 0.15) is 52.2 Å². The second-order valence-corrected chi connectivity index (χ2v) is 14.4. The molecule has 2 N–H and O–H groups in total. The molecule has 0 saturated carbocycles. The van der Waals surface area contributed by atoms with E-state index in [0.29, 0.717) is 11.9 Å². The minimum atomic E-state index is -3.80. The summed E-state index contributed by atoms with van der Waals surface area (Å²) < 4.78 is 53.5. The lowest BCUT2D eigenvalue weighted by Crippen LogP contribution is -2.41. The van der Waals surface area contributed by atoms with E-state index in [4.69, 9.17) is 18.9 Å². The van der Waals surface area contributed by atoms with Crippen LogP contribution in [0.15, 0.2) is 102 Å². The van der Waals surface area contributed by atoms with E-state index in [9.17, 15) is 13.5 Å². The zero-order chi connectivity index (χ0) is 34.7. The number of nitrogens with one attached hydrogen (secondary N) is 1. The minimum absolute atomic E-state index is 0.0193. The Morgan fingerprint density at radius 2 is 1.58 bits per heavy atom. The Hall–Kier alpha value is -4.36. The molecule has 1 fully saturated rings. The first-order valence-corrected chi connectivity index (χ1v) is 18.2. The second-order valence-electron chi connectivity index (χ2n) is 12.7. The average Bonchev–Trinajstić information content (AvgIpc) is 3.16. The van der Waals surface area contributed by atoms with Crippen LogP contribution >= 0.6 is 0 Å². The molecule has 1 saturated heterocycles. The van der Waals surface area contributed by atoms with Gasteiger partial charge in [0.2, 0.25) is 10.0 Å². The molecule has 2 aliphatic heterocycles. The maximum atomic E-state index is 13.3. The van der Waals surface area contributed by atoms with Gasteiger partial charge in [-0.2, -0.15) is 0 Å². The Kier molecular flexibility index (Phi) is 10.1. The summed E-state index contributed by atoms with van der Waals surface area (Å²) in [4.78, 5) is 6.86. The molecule has 0 spiro atoms. The van der Waals surface area contributed by atoms with Crippen LogP contribution in [-0.4, -0.2) is 56.8 Å². The summed E-state index contributed by atoms with van der Waals surface area (Å²) in [6.45, 7) is 2.49. The summed E-state index contributed by atoms with van der Waals surface area (Å²) in [6.07, 6.45) is 2.22. The lowest BCUT2D eigenvalue weighted by Gasteiger charge is -2.39. The summed E-state index contributed by atoms with van der Waals surface area (Å²) in [5.41, 5.74) is 6.43. The van der Waals surface area contributed by atoms with E-state index >= 15 is 0 Å². The minimum Gasteiger partial charge on any atom is -0.493 e. The molecule has 11 heteroatoms. The Morgan fingerprint density at radius 3 is 2.32 bits per heavy atom. The number of rotatable bonds is 11. The molecule has 5 aromatic rings. The first-order valence-electron chi connectivity index (χ1n) is 16.7. The number of nitrogens with zero attached hydrogens (tertiary/aromatic N) is 2. The number of pyridine rings is 1. The van der Waals surface area contributed by atoms with Gasteiger partial charge in [-0.25, -0.2) is 13.1 Å². The van der Waals surface area contributed by atoms with E-state index in [1.165, 1.54) is 11.1 Å². The fraction of sp³-hybridized carbons (Fsp3) is 0.308. The number of aliphatic hydroxyl groups excluding tert-OH is 1. The van der Waals surface area contributed by atoms with Crippen molar-refractivity contribution in [2.24, 2.45) is 0 Å². The topological polar surface area (TPSA) is 119 Å². The van der Waals surface area contributed by atoms with Crippen LogP contribution in [0.3, 0.4) is 0 Å². The van der Waals surface area contributed by atoms with Gasteiger partial charge < -0.3 is 24.1 Å². The third-order valence-electron chi connectivity index (χ3n) is 9.48. The van der Waals surface area contributed by atoms with Crippen molar-refractivity contribution in [3.05, 3.63) is 131 Å². The molecule has 0 aliphatic carbocycles. The number of fused-ring (bicyclic) bond motifs is 2. The summed E-state index contributed by atoms with van der Waals surface area (Å²) in [5.74, 6) is 1.47. The monoisotopic (exact) mass is 695 g/mol. The van der Waals surface area contributed by atoms with Gasteiger partial charge in [0.1, 0.15) is 4.90 Å². The third kappa shape index (κ3) is 7.39. The molecule has 0 radical (unpaired) electrons. The third-order valence-corrected chi connectivity index (χ3v) is 10.9. The molecular weight excluding hydrogens is 655 g/mol. The number of aliphatic hydroxyl groups is 1. The van der Waals surface area contributed by atoms with Crippen molar-refractivity contribution in [2.75, 3.05) is 27.3 Å². The number of ether oxygens (including phenoxy) is 4. The van der Waals surface area contributed by atoms with E-state index in [1.54, 1.807) is 38.6 Å². The summed E-state index contributed by atoms with van der Waals surface area (Å²) in [5, 5.41) is 10.3. The van der Waals surface area contributed by atoms with Gasteiger partial charge in [-0.05, 0) is 58.5 Å². The molecular formula is C39H41N3O7S. The number of hydrogen-bond acceptors (Lipinski definition) is 9. The van der Waals surface area contributed by atoms with Gasteiger partial charge >= 0.3 is 0 Å². The summed E-state index contributed by atoms with van der Waals surface area (Å²) >= 11 is 0. The molecule has 0 bridgehead atoms. The Bertz CT molecular complexity index is 2050. The van der Waals surface area contributed by atoms with Crippen molar-refractivity contribution in [1.29, 1.82) is 0 Å². The number of hydrogen-bond donors (Lipinski definition) is 2. The van der Waals surface area contributed by atoms with Crippen molar-refractivity contribution in [2.45, 2.75) is 55.9 Å². The predicted octanol–water partition coefficient (Wildman–Crippen LogP) is 5.83. The van der Waals surface area contributed by atoms with Gasteiger partial charge in [0.15, 0.2) is 17.8 Å². The van der Waals surface area contributed by atoms with Gasteiger partial charge in [0, 0.05) is 49.7 Å². The quantitative estimate of drug-likeness (QED) is 0.176. The lowest BCUT2D eigenvalue weighted by molar-refractivity contribution is -0.253. The number of sulfonamides is 1. The summed E-state index contributed by atoms with van der Waals surface area (Å²) in [6, 6.07) is 28.4. The Morgan fingerprint density at radius 1 is 0.880 bits per heavy atom. The van der Waals surface area contributed by atoms with E-state index < -0.39 is 16.3 Å². The molecule has 10 nitrogen and oxygen atoms in total.